The first-order chi connectivity index (χ1) is 8.60. The number of anilines is 2. The Labute approximate surface area is 109 Å². The lowest BCUT2D eigenvalue weighted by molar-refractivity contribution is 0.103. The zero-order chi connectivity index (χ0) is 13.1. The number of aryl methyl sites for hydroxylation is 1. The Morgan fingerprint density at radius 2 is 2.33 bits per heavy atom. The second-order valence-corrected chi connectivity index (χ2v) is 4.68. The van der Waals surface area contributed by atoms with Crippen LogP contribution in [0.3, 0.4) is 0 Å². The summed E-state index contributed by atoms with van der Waals surface area (Å²) in [5.74, 6) is 2.29. The lowest BCUT2D eigenvalue weighted by atomic mass is 10.2. The summed E-state index contributed by atoms with van der Waals surface area (Å²) in [6.45, 7) is 1.75. The molecule has 0 spiro atoms. The van der Waals surface area contributed by atoms with Gasteiger partial charge < -0.3 is 11.1 Å². The highest BCUT2D eigenvalue weighted by Gasteiger charge is 2.14. The fraction of sp³-hybridized carbons (Fsp3) is 0.0769. The van der Waals surface area contributed by atoms with Crippen LogP contribution < -0.4 is 11.1 Å². The summed E-state index contributed by atoms with van der Waals surface area (Å²) in [6, 6.07) is 7.10. The first kappa shape index (κ1) is 12.1. The monoisotopic (exact) mass is 257 g/mol. The zero-order valence-corrected chi connectivity index (χ0v) is 10.5. The normalized spacial score (nSPS) is 9.78. The van der Waals surface area contributed by atoms with Crippen LogP contribution in [0.4, 0.5) is 10.8 Å². The van der Waals surface area contributed by atoms with E-state index in [1.54, 1.807) is 31.2 Å². The van der Waals surface area contributed by atoms with Gasteiger partial charge in [-0.1, -0.05) is 23.3 Å². The molecular weight excluding hydrogens is 246 g/mol. The van der Waals surface area contributed by atoms with Gasteiger partial charge in [0.1, 0.15) is 4.88 Å². The SMILES string of the molecule is C#Cc1cccc(NC(=O)c2sc(N)nc2C)c1. The highest BCUT2D eigenvalue weighted by molar-refractivity contribution is 7.17. The molecule has 0 aliphatic rings. The molecule has 2 rings (SSSR count). The van der Waals surface area contributed by atoms with Crippen LogP contribution in [0.5, 0.6) is 0 Å². The second-order valence-electron chi connectivity index (χ2n) is 3.65. The van der Waals surface area contributed by atoms with Crippen molar-refractivity contribution in [1.82, 2.24) is 4.98 Å². The summed E-state index contributed by atoms with van der Waals surface area (Å²) in [5, 5.41) is 3.15. The molecule has 0 fully saturated rings. The zero-order valence-electron chi connectivity index (χ0n) is 9.73. The van der Waals surface area contributed by atoms with Gasteiger partial charge in [-0.15, -0.1) is 6.42 Å². The largest absolute Gasteiger partial charge is 0.375 e. The maximum Gasteiger partial charge on any atom is 0.267 e. The molecule has 2 aromatic rings. The summed E-state index contributed by atoms with van der Waals surface area (Å²) in [6.07, 6.45) is 5.30. The summed E-state index contributed by atoms with van der Waals surface area (Å²) in [7, 11) is 0. The molecule has 18 heavy (non-hydrogen) atoms. The van der Waals surface area contributed by atoms with Gasteiger partial charge in [0.05, 0.1) is 5.69 Å². The van der Waals surface area contributed by atoms with Gasteiger partial charge in [-0.2, -0.15) is 0 Å². The molecule has 0 radical (unpaired) electrons. The fourth-order valence-electron chi connectivity index (χ4n) is 1.50. The molecule has 0 bridgehead atoms. The third-order valence-electron chi connectivity index (χ3n) is 2.31. The van der Waals surface area contributed by atoms with Gasteiger partial charge in [-0.3, -0.25) is 4.79 Å². The van der Waals surface area contributed by atoms with Crippen molar-refractivity contribution in [2.75, 3.05) is 11.1 Å². The predicted octanol–water partition coefficient (Wildman–Crippen LogP) is 2.27. The van der Waals surface area contributed by atoms with E-state index in [9.17, 15) is 4.79 Å². The Morgan fingerprint density at radius 1 is 1.56 bits per heavy atom. The van der Waals surface area contributed by atoms with E-state index in [-0.39, 0.29) is 5.91 Å². The van der Waals surface area contributed by atoms with Crippen molar-refractivity contribution in [2.45, 2.75) is 6.92 Å². The van der Waals surface area contributed by atoms with E-state index in [0.29, 0.717) is 27.0 Å². The van der Waals surface area contributed by atoms with E-state index in [1.165, 1.54) is 11.3 Å². The minimum Gasteiger partial charge on any atom is -0.375 e. The van der Waals surface area contributed by atoms with Crippen molar-refractivity contribution in [3.05, 3.63) is 40.4 Å². The topological polar surface area (TPSA) is 68.0 Å². The van der Waals surface area contributed by atoms with Crippen LogP contribution in [0.1, 0.15) is 20.9 Å². The van der Waals surface area contributed by atoms with E-state index < -0.39 is 0 Å². The Morgan fingerprint density at radius 3 is 2.94 bits per heavy atom. The highest BCUT2D eigenvalue weighted by atomic mass is 32.1. The number of nitrogen functional groups attached to an aromatic ring is 1. The highest BCUT2D eigenvalue weighted by Crippen LogP contribution is 2.21. The standard InChI is InChI=1S/C13H11N3OS/c1-3-9-5-4-6-10(7-9)16-12(17)11-8(2)15-13(14)18-11/h1,4-7H,2H3,(H2,14,15)(H,16,17). The third kappa shape index (κ3) is 2.50. The molecule has 5 heteroatoms. The lowest BCUT2D eigenvalue weighted by Gasteiger charge is -2.04. The number of hydrogen-bond acceptors (Lipinski definition) is 4. The van der Waals surface area contributed by atoms with Gasteiger partial charge in [-0.25, -0.2) is 4.98 Å². The van der Waals surface area contributed by atoms with Crippen LogP contribution in [0.15, 0.2) is 24.3 Å². The maximum absolute atomic E-state index is 12.0. The molecule has 1 heterocycles. The minimum atomic E-state index is -0.226. The maximum atomic E-state index is 12.0. The van der Waals surface area contributed by atoms with Gasteiger partial charge in [-0.05, 0) is 25.1 Å². The van der Waals surface area contributed by atoms with Crippen LogP contribution in [0.25, 0.3) is 0 Å². The van der Waals surface area contributed by atoms with E-state index in [0.717, 1.165) is 0 Å². The fourth-order valence-corrected chi connectivity index (χ4v) is 2.23. The molecule has 0 unspecified atom stereocenters. The quantitative estimate of drug-likeness (QED) is 0.811. The molecule has 0 aliphatic carbocycles. The molecule has 0 aliphatic heterocycles. The Bertz CT molecular complexity index is 640. The van der Waals surface area contributed by atoms with Gasteiger partial charge in [0, 0.05) is 11.3 Å². The molecular formula is C13H11N3OS. The minimum absolute atomic E-state index is 0.226. The van der Waals surface area contributed by atoms with Gasteiger partial charge in [0.15, 0.2) is 5.13 Å². The molecule has 3 N–H and O–H groups in total. The number of rotatable bonds is 2. The molecule has 1 amide bonds. The van der Waals surface area contributed by atoms with Crippen LogP contribution in [0, 0.1) is 19.3 Å². The van der Waals surface area contributed by atoms with Crippen LogP contribution in [-0.4, -0.2) is 10.9 Å². The number of carbonyl (C=O) groups excluding carboxylic acids is 1. The number of thiazole rings is 1. The first-order valence-electron chi connectivity index (χ1n) is 5.21. The number of benzene rings is 1. The molecule has 1 aromatic heterocycles. The Balaban J connectivity index is 2.21. The van der Waals surface area contributed by atoms with Gasteiger partial charge >= 0.3 is 0 Å². The van der Waals surface area contributed by atoms with E-state index in [2.05, 4.69) is 16.2 Å². The van der Waals surface area contributed by atoms with Gasteiger partial charge in [0.2, 0.25) is 0 Å². The molecule has 90 valence electrons. The van der Waals surface area contributed by atoms with Gasteiger partial charge in [0.25, 0.3) is 5.91 Å². The second kappa shape index (κ2) is 4.90. The number of nitrogens with one attached hydrogen (secondary N) is 1. The van der Waals surface area contributed by atoms with Crippen LogP contribution in [-0.2, 0) is 0 Å². The van der Waals surface area contributed by atoms with Crippen LogP contribution >= 0.6 is 11.3 Å². The number of hydrogen-bond donors (Lipinski definition) is 2. The lowest BCUT2D eigenvalue weighted by Crippen LogP contribution is -2.11. The number of amides is 1. The van der Waals surface area contributed by atoms with E-state index in [4.69, 9.17) is 12.2 Å². The Hall–Kier alpha value is -2.32. The van der Waals surface area contributed by atoms with Crippen LogP contribution in [0.2, 0.25) is 0 Å². The number of carbonyl (C=O) groups is 1. The molecule has 0 saturated heterocycles. The van der Waals surface area contributed by atoms with E-state index >= 15 is 0 Å². The van der Waals surface area contributed by atoms with Crippen molar-refractivity contribution < 1.29 is 4.79 Å². The number of terminal acetylenes is 1. The number of nitrogens with zero attached hydrogens (tertiary/aromatic N) is 1. The Kier molecular flexibility index (Phi) is 3.31. The average molecular weight is 257 g/mol. The molecule has 4 nitrogen and oxygen atoms in total. The van der Waals surface area contributed by atoms with Crippen molar-refractivity contribution in [3.63, 3.8) is 0 Å². The number of nitrogens with two attached hydrogens (primary N) is 1. The van der Waals surface area contributed by atoms with Crippen molar-refractivity contribution in [3.8, 4) is 12.3 Å². The van der Waals surface area contributed by atoms with E-state index in [1.807, 2.05) is 0 Å². The van der Waals surface area contributed by atoms with Crippen molar-refractivity contribution in [2.24, 2.45) is 0 Å². The summed E-state index contributed by atoms with van der Waals surface area (Å²) in [5.41, 5.74) is 7.56. The summed E-state index contributed by atoms with van der Waals surface area (Å²) >= 11 is 1.17. The predicted molar refractivity (Wildman–Crippen MR) is 73.6 cm³/mol. The van der Waals surface area contributed by atoms with Crippen molar-refractivity contribution >= 4 is 28.1 Å². The molecule has 0 saturated carbocycles. The van der Waals surface area contributed by atoms with Crippen molar-refractivity contribution in [1.29, 1.82) is 0 Å². The first-order valence-corrected chi connectivity index (χ1v) is 6.02. The third-order valence-corrected chi connectivity index (χ3v) is 3.29. The molecule has 1 aromatic carbocycles. The molecule has 0 atom stereocenters. The summed E-state index contributed by atoms with van der Waals surface area (Å²) in [4.78, 5) is 16.5. The number of aromatic nitrogens is 1. The smallest absolute Gasteiger partial charge is 0.267 e. The average Bonchev–Trinajstić information content (AvgIpc) is 2.69. The summed E-state index contributed by atoms with van der Waals surface area (Å²) < 4.78 is 0.